The maximum Gasteiger partial charge on any atom is 0.307 e. The Balaban J connectivity index is 1.62. The summed E-state index contributed by atoms with van der Waals surface area (Å²) in [5.41, 5.74) is 1.87. The number of carbonyl (C=O) groups is 3. The fraction of sp³-hybridized carbons (Fsp3) is 0.107. The zero-order valence-corrected chi connectivity index (χ0v) is 19.2. The van der Waals surface area contributed by atoms with Crippen molar-refractivity contribution in [2.75, 3.05) is 12.0 Å². The normalized spacial score (nSPS) is 15.5. The summed E-state index contributed by atoms with van der Waals surface area (Å²) in [6.07, 6.45) is -0.174. The molecule has 0 spiro atoms. The van der Waals surface area contributed by atoms with Gasteiger partial charge in [0.2, 0.25) is 5.78 Å². The summed E-state index contributed by atoms with van der Waals surface area (Å²) in [6.45, 7) is 0. The summed E-state index contributed by atoms with van der Waals surface area (Å²) < 4.78 is 11.1. The Labute approximate surface area is 205 Å². The van der Waals surface area contributed by atoms with Gasteiger partial charge in [0.05, 0.1) is 25.1 Å². The standard InChI is InChI=1S/C28H21NO7/c1-35-20-7-4-6-18(14-20)25-24(26(32)22-15-17-5-2-3-8-21(17)36-22)27(33)28(34)29(25)19-11-9-16(10-12-19)13-23(30)31/h2-12,14-15,25,33H,13H2,1H3,(H,30,31). The SMILES string of the molecule is COc1cccc(C2C(C(=O)c3cc4ccccc4o3)=C(O)C(=O)N2c2ccc(CC(=O)O)cc2)c1. The van der Waals surface area contributed by atoms with E-state index in [1.165, 1.54) is 12.0 Å². The van der Waals surface area contributed by atoms with Crippen molar-refractivity contribution in [2.24, 2.45) is 0 Å². The molecule has 0 bridgehead atoms. The largest absolute Gasteiger partial charge is 0.503 e. The third-order valence-corrected chi connectivity index (χ3v) is 6.08. The number of Topliss-reactive ketones (excluding diaryl/α,β-unsaturated/α-hetero) is 1. The highest BCUT2D eigenvalue weighted by Gasteiger charge is 2.45. The molecule has 1 unspecified atom stereocenters. The lowest BCUT2D eigenvalue weighted by Gasteiger charge is -2.27. The molecule has 2 N–H and O–H groups in total. The molecule has 3 aromatic carbocycles. The number of carboxylic acid groups (broad SMARTS) is 1. The molecule has 0 saturated carbocycles. The zero-order valence-electron chi connectivity index (χ0n) is 19.2. The first-order valence-corrected chi connectivity index (χ1v) is 11.1. The molecule has 0 radical (unpaired) electrons. The van der Waals surface area contributed by atoms with Crippen LogP contribution in [0, 0.1) is 0 Å². The van der Waals surface area contributed by atoms with E-state index < -0.39 is 29.5 Å². The van der Waals surface area contributed by atoms with Crippen LogP contribution in [0.1, 0.15) is 27.7 Å². The number of benzene rings is 3. The van der Waals surface area contributed by atoms with Gasteiger partial charge in [0, 0.05) is 11.1 Å². The first-order valence-electron chi connectivity index (χ1n) is 11.1. The van der Waals surface area contributed by atoms with Crippen molar-refractivity contribution < 1.29 is 33.8 Å². The molecule has 8 nitrogen and oxygen atoms in total. The predicted molar refractivity (Wildman–Crippen MR) is 131 cm³/mol. The van der Waals surface area contributed by atoms with E-state index in [9.17, 15) is 19.5 Å². The smallest absolute Gasteiger partial charge is 0.307 e. The number of hydrogen-bond donors (Lipinski definition) is 2. The van der Waals surface area contributed by atoms with Gasteiger partial charge in [-0.15, -0.1) is 0 Å². The van der Waals surface area contributed by atoms with Gasteiger partial charge in [-0.1, -0.05) is 42.5 Å². The number of nitrogens with zero attached hydrogens (tertiary/aromatic N) is 1. The molecule has 0 fully saturated rings. The van der Waals surface area contributed by atoms with E-state index in [0.717, 1.165) is 0 Å². The molecule has 4 aromatic rings. The van der Waals surface area contributed by atoms with Gasteiger partial charge in [0.1, 0.15) is 11.3 Å². The highest BCUT2D eigenvalue weighted by Crippen LogP contribution is 2.43. The molecule has 1 amide bonds. The minimum atomic E-state index is -0.979. The molecule has 2 heterocycles. The molecule has 180 valence electrons. The van der Waals surface area contributed by atoms with Gasteiger partial charge in [-0.25, -0.2) is 0 Å². The number of ketones is 1. The fourth-order valence-electron chi connectivity index (χ4n) is 4.41. The van der Waals surface area contributed by atoms with Crippen LogP contribution in [0.2, 0.25) is 0 Å². The molecule has 0 aliphatic carbocycles. The van der Waals surface area contributed by atoms with E-state index in [4.69, 9.17) is 14.3 Å². The van der Waals surface area contributed by atoms with E-state index in [0.29, 0.717) is 33.5 Å². The molecule has 1 aliphatic rings. The van der Waals surface area contributed by atoms with Crippen molar-refractivity contribution in [1.29, 1.82) is 0 Å². The summed E-state index contributed by atoms with van der Waals surface area (Å²) in [5, 5.41) is 20.7. The van der Waals surface area contributed by atoms with Crippen LogP contribution in [0.3, 0.4) is 0 Å². The van der Waals surface area contributed by atoms with Crippen molar-refractivity contribution >= 4 is 34.3 Å². The monoisotopic (exact) mass is 483 g/mol. The minimum absolute atomic E-state index is 0.00268. The van der Waals surface area contributed by atoms with Gasteiger partial charge >= 0.3 is 5.97 Å². The predicted octanol–water partition coefficient (Wildman–Crippen LogP) is 4.85. The maximum atomic E-state index is 13.7. The number of ether oxygens (including phenoxy) is 1. The number of anilines is 1. The van der Waals surface area contributed by atoms with E-state index in [1.807, 2.05) is 6.07 Å². The van der Waals surface area contributed by atoms with Crippen LogP contribution >= 0.6 is 0 Å². The first kappa shape index (κ1) is 22.9. The molecule has 36 heavy (non-hydrogen) atoms. The second-order valence-corrected chi connectivity index (χ2v) is 8.33. The molecule has 1 aliphatic heterocycles. The molecular weight excluding hydrogens is 462 g/mol. The van der Waals surface area contributed by atoms with Crippen LogP contribution in [-0.4, -0.2) is 35.0 Å². The molecule has 8 heteroatoms. The Morgan fingerprint density at radius 3 is 2.44 bits per heavy atom. The number of methoxy groups -OCH3 is 1. The second-order valence-electron chi connectivity index (χ2n) is 8.33. The number of fused-ring (bicyclic) bond motifs is 1. The van der Waals surface area contributed by atoms with E-state index in [-0.39, 0.29) is 17.8 Å². The Morgan fingerprint density at radius 2 is 1.75 bits per heavy atom. The summed E-state index contributed by atoms with van der Waals surface area (Å²) in [4.78, 5) is 39.4. The lowest BCUT2D eigenvalue weighted by molar-refractivity contribution is -0.136. The van der Waals surface area contributed by atoms with Crippen LogP contribution in [0.15, 0.2) is 94.6 Å². The number of carbonyl (C=O) groups excluding carboxylic acids is 2. The highest BCUT2D eigenvalue weighted by atomic mass is 16.5. The third-order valence-electron chi connectivity index (χ3n) is 6.08. The van der Waals surface area contributed by atoms with Crippen LogP contribution in [0.25, 0.3) is 11.0 Å². The first-order chi connectivity index (χ1) is 17.4. The number of aliphatic hydroxyl groups excluding tert-OH is 1. The lowest BCUT2D eigenvalue weighted by Crippen LogP contribution is -2.31. The van der Waals surface area contributed by atoms with Gasteiger partial charge in [-0.05, 0) is 47.5 Å². The maximum absolute atomic E-state index is 13.7. The second kappa shape index (κ2) is 9.07. The minimum Gasteiger partial charge on any atom is -0.503 e. The number of furan rings is 1. The summed E-state index contributed by atoms with van der Waals surface area (Å²) in [5.74, 6) is -2.52. The molecule has 1 aromatic heterocycles. The van der Waals surface area contributed by atoms with Crippen LogP contribution in [-0.2, 0) is 16.0 Å². The summed E-state index contributed by atoms with van der Waals surface area (Å²) >= 11 is 0. The Bertz CT molecular complexity index is 1500. The number of aliphatic hydroxyl groups is 1. The van der Waals surface area contributed by atoms with Gasteiger partial charge in [-0.3, -0.25) is 19.3 Å². The molecule has 1 atom stereocenters. The van der Waals surface area contributed by atoms with Gasteiger partial charge in [-0.2, -0.15) is 0 Å². The third kappa shape index (κ3) is 3.98. The number of hydrogen-bond acceptors (Lipinski definition) is 6. The van der Waals surface area contributed by atoms with Crippen molar-refractivity contribution in [3.63, 3.8) is 0 Å². The van der Waals surface area contributed by atoms with E-state index in [2.05, 4.69) is 0 Å². The quantitative estimate of drug-likeness (QED) is 0.361. The average Bonchev–Trinajstić information content (AvgIpc) is 3.43. The fourth-order valence-corrected chi connectivity index (χ4v) is 4.41. The van der Waals surface area contributed by atoms with Crippen molar-refractivity contribution in [1.82, 2.24) is 0 Å². The molecular formula is C28H21NO7. The van der Waals surface area contributed by atoms with E-state index in [1.54, 1.807) is 72.8 Å². The highest BCUT2D eigenvalue weighted by molar-refractivity contribution is 6.20. The van der Waals surface area contributed by atoms with Crippen LogP contribution in [0.4, 0.5) is 5.69 Å². The van der Waals surface area contributed by atoms with Crippen molar-refractivity contribution in [2.45, 2.75) is 12.5 Å². The topological polar surface area (TPSA) is 117 Å². The lowest BCUT2D eigenvalue weighted by atomic mass is 9.94. The molecule has 0 saturated heterocycles. The van der Waals surface area contributed by atoms with Gasteiger partial charge < -0.3 is 19.4 Å². The zero-order chi connectivity index (χ0) is 25.4. The summed E-state index contributed by atoms with van der Waals surface area (Å²) in [7, 11) is 1.51. The Morgan fingerprint density at radius 1 is 1.00 bits per heavy atom. The number of carboxylic acids is 1. The number of amides is 1. The Kier molecular flexibility index (Phi) is 5.77. The van der Waals surface area contributed by atoms with Crippen LogP contribution < -0.4 is 9.64 Å². The van der Waals surface area contributed by atoms with Crippen molar-refractivity contribution in [3.05, 3.63) is 107 Å². The van der Waals surface area contributed by atoms with Crippen molar-refractivity contribution in [3.8, 4) is 5.75 Å². The molecule has 5 rings (SSSR count). The van der Waals surface area contributed by atoms with Gasteiger partial charge in [0.15, 0.2) is 11.5 Å². The van der Waals surface area contributed by atoms with E-state index >= 15 is 0 Å². The number of para-hydroxylation sites is 1. The summed E-state index contributed by atoms with van der Waals surface area (Å²) in [6, 6.07) is 21.0. The number of rotatable bonds is 7. The van der Waals surface area contributed by atoms with Crippen LogP contribution in [0.5, 0.6) is 5.75 Å². The van der Waals surface area contributed by atoms with Gasteiger partial charge in [0.25, 0.3) is 5.91 Å². The Hall–Kier alpha value is -4.85. The average molecular weight is 483 g/mol. The number of aliphatic carboxylic acids is 1.